The number of rotatable bonds is 0. The van der Waals surface area contributed by atoms with Gasteiger partial charge < -0.3 is 0 Å². The lowest BCUT2D eigenvalue weighted by molar-refractivity contribution is -0.139. The van der Waals surface area contributed by atoms with Gasteiger partial charge in [-0.1, -0.05) is 18.9 Å². The first-order chi connectivity index (χ1) is 9.95. The normalized spacial score (nSPS) is 49.2. The molecule has 4 aliphatic carbocycles. The topological polar surface area (TPSA) is 34.1 Å². The van der Waals surface area contributed by atoms with Gasteiger partial charge in [-0.25, -0.2) is 0 Å². The molecule has 5 atom stereocenters. The number of carbonyl (C=O) groups is 2. The van der Waals surface area contributed by atoms with Gasteiger partial charge in [0.15, 0.2) is 11.6 Å². The van der Waals surface area contributed by atoms with Crippen molar-refractivity contribution in [2.24, 2.45) is 28.6 Å². The van der Waals surface area contributed by atoms with E-state index in [1.54, 1.807) is 0 Å². The fraction of sp³-hybridized carbons (Fsp3) is 0.789. The zero-order chi connectivity index (χ0) is 14.8. The van der Waals surface area contributed by atoms with Crippen LogP contribution in [0.1, 0.15) is 65.2 Å². The maximum absolute atomic E-state index is 12.7. The fourth-order valence-electron chi connectivity index (χ4n) is 6.42. The van der Waals surface area contributed by atoms with E-state index in [9.17, 15) is 9.59 Å². The van der Waals surface area contributed by atoms with Gasteiger partial charge >= 0.3 is 0 Å². The average molecular weight is 286 g/mol. The Hall–Kier alpha value is -0.920. The van der Waals surface area contributed by atoms with E-state index in [2.05, 4.69) is 13.8 Å². The zero-order valence-corrected chi connectivity index (χ0v) is 13.3. The standard InChI is InChI=1S/C19H26O2/c1-18-8-3-4-15(18)14-6-5-12-10-13(20)11-17(21)19(12,2)16(14)7-9-18/h10,14-16H,3-9,11H2,1-2H3/t14-,15-,16+,18-,19-/m0/s1. The summed E-state index contributed by atoms with van der Waals surface area (Å²) in [5.41, 5.74) is 1.37. The highest BCUT2D eigenvalue weighted by atomic mass is 16.1. The van der Waals surface area contributed by atoms with E-state index in [0.29, 0.717) is 17.3 Å². The molecular weight excluding hydrogens is 260 g/mol. The van der Waals surface area contributed by atoms with Gasteiger partial charge in [-0.15, -0.1) is 0 Å². The number of hydrogen-bond donors (Lipinski definition) is 0. The van der Waals surface area contributed by atoms with Crippen molar-refractivity contribution in [2.75, 3.05) is 0 Å². The minimum atomic E-state index is -0.319. The fourth-order valence-corrected chi connectivity index (χ4v) is 6.42. The van der Waals surface area contributed by atoms with E-state index >= 15 is 0 Å². The highest BCUT2D eigenvalue weighted by Crippen LogP contribution is 2.64. The number of hydrogen-bond acceptors (Lipinski definition) is 2. The van der Waals surface area contributed by atoms with Crippen LogP contribution in [0, 0.1) is 28.6 Å². The molecule has 4 rings (SSSR count). The molecule has 4 aliphatic rings. The second kappa shape index (κ2) is 4.30. The molecule has 3 fully saturated rings. The summed E-state index contributed by atoms with van der Waals surface area (Å²) in [7, 11) is 0. The quantitative estimate of drug-likeness (QED) is 0.629. The third-order valence-corrected chi connectivity index (χ3v) is 7.62. The van der Waals surface area contributed by atoms with Gasteiger partial charge in [-0.05, 0) is 74.7 Å². The lowest BCUT2D eigenvalue weighted by Gasteiger charge is -2.56. The lowest BCUT2D eigenvalue weighted by Crippen LogP contribution is -2.52. The van der Waals surface area contributed by atoms with Crippen LogP contribution in [-0.4, -0.2) is 11.6 Å². The maximum atomic E-state index is 12.7. The van der Waals surface area contributed by atoms with Crippen LogP contribution in [0.25, 0.3) is 0 Å². The van der Waals surface area contributed by atoms with Crippen LogP contribution in [0.15, 0.2) is 11.6 Å². The molecule has 0 aromatic carbocycles. The Morgan fingerprint density at radius 2 is 1.86 bits per heavy atom. The third-order valence-electron chi connectivity index (χ3n) is 7.62. The highest BCUT2D eigenvalue weighted by molar-refractivity contribution is 6.11. The molecule has 2 nitrogen and oxygen atoms in total. The molecule has 0 aliphatic heterocycles. The first-order valence-electron chi connectivity index (χ1n) is 8.72. The van der Waals surface area contributed by atoms with Crippen molar-refractivity contribution in [2.45, 2.75) is 65.2 Å². The van der Waals surface area contributed by atoms with Gasteiger partial charge in [0.2, 0.25) is 0 Å². The van der Waals surface area contributed by atoms with E-state index in [1.807, 2.05) is 6.08 Å². The summed E-state index contributed by atoms with van der Waals surface area (Å²) in [6.45, 7) is 4.64. The van der Waals surface area contributed by atoms with E-state index in [0.717, 1.165) is 17.9 Å². The summed E-state index contributed by atoms with van der Waals surface area (Å²) in [6.07, 6.45) is 10.7. The van der Waals surface area contributed by atoms with Crippen molar-refractivity contribution in [3.63, 3.8) is 0 Å². The van der Waals surface area contributed by atoms with Gasteiger partial charge in [0, 0.05) is 0 Å². The molecule has 0 N–H and O–H groups in total. The van der Waals surface area contributed by atoms with Crippen LogP contribution in [-0.2, 0) is 9.59 Å². The van der Waals surface area contributed by atoms with Gasteiger partial charge in [0.05, 0.1) is 11.8 Å². The van der Waals surface area contributed by atoms with Crippen LogP contribution in [0.3, 0.4) is 0 Å². The largest absolute Gasteiger partial charge is 0.298 e. The van der Waals surface area contributed by atoms with Crippen molar-refractivity contribution < 1.29 is 9.59 Å². The number of carbonyl (C=O) groups excluding carboxylic acids is 2. The van der Waals surface area contributed by atoms with E-state index in [-0.39, 0.29) is 23.4 Å². The van der Waals surface area contributed by atoms with Crippen molar-refractivity contribution >= 4 is 11.6 Å². The summed E-state index contributed by atoms with van der Waals surface area (Å²) < 4.78 is 0. The first-order valence-corrected chi connectivity index (χ1v) is 8.72. The third kappa shape index (κ3) is 1.71. The molecule has 0 unspecified atom stereocenters. The van der Waals surface area contributed by atoms with Crippen LogP contribution < -0.4 is 0 Å². The molecular formula is C19H26O2. The Kier molecular flexibility index (Phi) is 2.81. The Morgan fingerprint density at radius 3 is 2.67 bits per heavy atom. The second-order valence-electron chi connectivity index (χ2n) is 8.44. The van der Waals surface area contributed by atoms with Crippen LogP contribution in [0.2, 0.25) is 0 Å². The molecule has 0 bridgehead atoms. The van der Waals surface area contributed by atoms with Gasteiger partial charge in [0.1, 0.15) is 0 Å². The predicted molar refractivity (Wildman–Crippen MR) is 81.7 cm³/mol. The Labute approximate surface area is 127 Å². The molecule has 2 heteroatoms. The highest BCUT2D eigenvalue weighted by Gasteiger charge is 2.58. The smallest absolute Gasteiger partial charge is 0.163 e. The van der Waals surface area contributed by atoms with E-state index in [1.165, 1.54) is 38.5 Å². The summed E-state index contributed by atoms with van der Waals surface area (Å²) in [5, 5.41) is 0. The van der Waals surface area contributed by atoms with Crippen LogP contribution in [0.4, 0.5) is 0 Å². The Balaban J connectivity index is 1.74. The summed E-state index contributed by atoms with van der Waals surface area (Å²) in [5.74, 6) is 2.27. The Morgan fingerprint density at radius 1 is 1.05 bits per heavy atom. The van der Waals surface area contributed by atoms with Crippen molar-refractivity contribution in [3.05, 3.63) is 11.6 Å². The minimum absolute atomic E-state index is 0.0347. The molecule has 0 spiro atoms. The maximum Gasteiger partial charge on any atom is 0.163 e. The molecule has 0 aromatic heterocycles. The number of ketones is 2. The van der Waals surface area contributed by atoms with Crippen LogP contribution >= 0.6 is 0 Å². The summed E-state index contributed by atoms with van der Waals surface area (Å²) in [4.78, 5) is 24.5. The Bertz CT molecular complexity index is 546. The molecule has 0 heterocycles. The SMILES string of the molecule is C[C@@]12CCC[C@H]1[C@@H]1CCC3=CC(=O)CC(=O)[C@]3(C)[C@@H]1CC2. The average Bonchev–Trinajstić information content (AvgIpc) is 2.82. The van der Waals surface area contributed by atoms with Crippen molar-refractivity contribution in [3.8, 4) is 0 Å². The zero-order valence-electron chi connectivity index (χ0n) is 13.3. The van der Waals surface area contributed by atoms with Gasteiger partial charge in [-0.3, -0.25) is 9.59 Å². The lowest BCUT2D eigenvalue weighted by atomic mass is 9.47. The molecule has 0 radical (unpaired) electrons. The summed E-state index contributed by atoms with van der Waals surface area (Å²) in [6, 6.07) is 0. The van der Waals surface area contributed by atoms with Crippen molar-refractivity contribution in [1.29, 1.82) is 0 Å². The molecule has 0 saturated heterocycles. The molecule has 0 amide bonds. The van der Waals surface area contributed by atoms with Crippen molar-refractivity contribution in [1.82, 2.24) is 0 Å². The second-order valence-corrected chi connectivity index (χ2v) is 8.44. The van der Waals surface area contributed by atoms with E-state index in [4.69, 9.17) is 0 Å². The number of Topliss-reactive ketones (excluding diaryl/α,β-unsaturated/α-hetero) is 1. The van der Waals surface area contributed by atoms with Crippen LogP contribution in [0.5, 0.6) is 0 Å². The molecule has 114 valence electrons. The van der Waals surface area contributed by atoms with Gasteiger partial charge in [0.25, 0.3) is 0 Å². The van der Waals surface area contributed by atoms with Gasteiger partial charge in [-0.2, -0.15) is 0 Å². The molecule has 3 saturated carbocycles. The number of allylic oxidation sites excluding steroid dienone is 1. The predicted octanol–water partition coefficient (Wildman–Crippen LogP) is 4.09. The minimum Gasteiger partial charge on any atom is -0.298 e. The summed E-state index contributed by atoms with van der Waals surface area (Å²) >= 11 is 0. The monoisotopic (exact) mass is 286 g/mol. The number of fused-ring (bicyclic) bond motifs is 5. The van der Waals surface area contributed by atoms with E-state index < -0.39 is 0 Å². The molecule has 21 heavy (non-hydrogen) atoms. The molecule has 0 aromatic rings. The first kappa shape index (κ1) is 13.7.